The van der Waals surface area contributed by atoms with E-state index in [0.717, 1.165) is 16.4 Å². The van der Waals surface area contributed by atoms with Crippen LogP contribution in [0.25, 0.3) is 11.3 Å². The van der Waals surface area contributed by atoms with E-state index in [0.29, 0.717) is 22.7 Å². The van der Waals surface area contributed by atoms with Crippen LogP contribution in [0, 0.1) is 0 Å². The predicted molar refractivity (Wildman–Crippen MR) is 105 cm³/mol. The molecule has 26 heavy (non-hydrogen) atoms. The number of benzene rings is 2. The van der Waals surface area contributed by atoms with E-state index >= 15 is 0 Å². The van der Waals surface area contributed by atoms with Gasteiger partial charge in [-0.1, -0.05) is 12.1 Å². The molecule has 0 spiro atoms. The summed E-state index contributed by atoms with van der Waals surface area (Å²) in [6.07, 6.45) is 0. The van der Waals surface area contributed by atoms with E-state index in [-0.39, 0.29) is 5.91 Å². The van der Waals surface area contributed by atoms with E-state index in [2.05, 4.69) is 15.6 Å². The minimum Gasteiger partial charge on any atom is -0.496 e. The van der Waals surface area contributed by atoms with E-state index < -0.39 is 0 Å². The second-order valence-electron chi connectivity index (χ2n) is 5.36. The number of nitrogens with one attached hydrogen (secondary N) is 2. The van der Waals surface area contributed by atoms with Crippen LogP contribution in [0.1, 0.15) is 10.4 Å². The maximum absolute atomic E-state index is 12.7. The molecule has 2 aromatic carbocycles. The predicted octanol–water partition coefficient (Wildman–Crippen LogP) is 4.12. The first kappa shape index (κ1) is 17.8. The molecule has 2 N–H and O–H groups in total. The lowest BCUT2D eigenvalue weighted by Gasteiger charge is -2.13. The number of amides is 1. The molecule has 0 aliphatic heterocycles. The zero-order chi connectivity index (χ0) is 18.5. The van der Waals surface area contributed by atoms with Gasteiger partial charge in [-0.05, 0) is 30.3 Å². The van der Waals surface area contributed by atoms with Gasteiger partial charge in [-0.2, -0.15) is 0 Å². The number of hydrogen-bond donors (Lipinski definition) is 2. The molecular formula is C19H19N3O3S. The van der Waals surface area contributed by atoms with Gasteiger partial charge in [0.25, 0.3) is 5.91 Å². The minimum absolute atomic E-state index is 0.271. The highest BCUT2D eigenvalue weighted by molar-refractivity contribution is 7.14. The average molecular weight is 369 g/mol. The molecule has 0 unspecified atom stereocenters. The molecule has 134 valence electrons. The fraction of sp³-hybridized carbons (Fsp3) is 0.158. The normalized spacial score (nSPS) is 10.3. The van der Waals surface area contributed by atoms with Gasteiger partial charge in [0, 0.05) is 18.0 Å². The molecule has 6 nitrogen and oxygen atoms in total. The Morgan fingerprint density at radius 3 is 2.54 bits per heavy atom. The number of anilines is 2. The summed E-state index contributed by atoms with van der Waals surface area (Å²) in [5.41, 5.74) is 2.74. The summed E-state index contributed by atoms with van der Waals surface area (Å²) in [5.74, 6) is 0.812. The van der Waals surface area contributed by atoms with Crippen LogP contribution >= 0.6 is 11.3 Å². The topological polar surface area (TPSA) is 72.5 Å². The van der Waals surface area contributed by atoms with Crippen molar-refractivity contribution in [3.63, 3.8) is 0 Å². The quantitative estimate of drug-likeness (QED) is 0.684. The second-order valence-corrected chi connectivity index (χ2v) is 6.22. The minimum atomic E-state index is -0.271. The van der Waals surface area contributed by atoms with Gasteiger partial charge < -0.3 is 20.1 Å². The van der Waals surface area contributed by atoms with Crippen molar-refractivity contribution < 1.29 is 14.3 Å². The Kier molecular flexibility index (Phi) is 5.38. The molecule has 7 heteroatoms. The molecule has 1 aromatic heterocycles. The molecule has 3 aromatic rings. The summed E-state index contributed by atoms with van der Waals surface area (Å²) in [4.78, 5) is 17.2. The monoisotopic (exact) mass is 369 g/mol. The van der Waals surface area contributed by atoms with Gasteiger partial charge >= 0.3 is 0 Å². The zero-order valence-electron chi connectivity index (χ0n) is 14.7. The van der Waals surface area contributed by atoms with Crippen LogP contribution in [0.5, 0.6) is 11.5 Å². The van der Waals surface area contributed by atoms with Gasteiger partial charge in [0.05, 0.1) is 31.2 Å². The van der Waals surface area contributed by atoms with E-state index in [9.17, 15) is 4.79 Å². The Labute approximate surface area is 155 Å². The first-order valence-corrected chi connectivity index (χ1v) is 8.80. The number of nitrogens with zero attached hydrogens (tertiary/aromatic N) is 1. The molecule has 0 atom stereocenters. The number of carbonyl (C=O) groups excluding carboxylic acids is 1. The number of methoxy groups -OCH3 is 2. The number of hydrogen-bond acceptors (Lipinski definition) is 6. The molecule has 0 bridgehead atoms. The molecule has 0 aliphatic carbocycles. The maximum atomic E-state index is 12.7. The highest BCUT2D eigenvalue weighted by Gasteiger charge is 2.15. The summed E-state index contributed by atoms with van der Waals surface area (Å²) in [7, 11) is 4.93. The van der Waals surface area contributed by atoms with Crippen molar-refractivity contribution in [2.75, 3.05) is 31.9 Å². The van der Waals surface area contributed by atoms with Crippen molar-refractivity contribution in [1.29, 1.82) is 0 Å². The summed E-state index contributed by atoms with van der Waals surface area (Å²) in [5, 5.41) is 8.71. The number of carbonyl (C=O) groups is 1. The Morgan fingerprint density at radius 2 is 1.85 bits per heavy atom. The van der Waals surface area contributed by atoms with Crippen LogP contribution in [0.3, 0.4) is 0 Å². The van der Waals surface area contributed by atoms with Gasteiger partial charge in [-0.15, -0.1) is 11.3 Å². The van der Waals surface area contributed by atoms with Crippen molar-refractivity contribution in [1.82, 2.24) is 4.98 Å². The van der Waals surface area contributed by atoms with E-state index in [1.54, 1.807) is 25.3 Å². The molecular weight excluding hydrogens is 350 g/mol. The van der Waals surface area contributed by atoms with Gasteiger partial charge in [0.2, 0.25) is 0 Å². The summed E-state index contributed by atoms with van der Waals surface area (Å²) in [6.45, 7) is 0. The molecule has 1 amide bonds. The summed E-state index contributed by atoms with van der Waals surface area (Å²) in [6, 6.07) is 12.6. The highest BCUT2D eigenvalue weighted by atomic mass is 32.1. The third kappa shape index (κ3) is 3.62. The fourth-order valence-electron chi connectivity index (χ4n) is 2.51. The second kappa shape index (κ2) is 7.88. The summed E-state index contributed by atoms with van der Waals surface area (Å²) < 4.78 is 10.6. The van der Waals surface area contributed by atoms with Crippen LogP contribution in [-0.4, -0.2) is 32.2 Å². The Hall–Kier alpha value is -3.06. The number of thiazole rings is 1. The molecule has 3 rings (SSSR count). The average Bonchev–Trinajstić information content (AvgIpc) is 3.17. The van der Waals surface area contributed by atoms with E-state index in [1.807, 2.05) is 36.7 Å². The highest BCUT2D eigenvalue weighted by Crippen LogP contribution is 2.32. The number of ether oxygens (including phenoxy) is 2. The smallest absolute Gasteiger partial charge is 0.259 e. The van der Waals surface area contributed by atoms with Crippen molar-refractivity contribution in [3.8, 4) is 22.8 Å². The van der Waals surface area contributed by atoms with E-state index in [4.69, 9.17) is 9.47 Å². The van der Waals surface area contributed by atoms with Gasteiger partial charge in [-0.3, -0.25) is 4.79 Å². The van der Waals surface area contributed by atoms with E-state index in [1.165, 1.54) is 18.4 Å². The Morgan fingerprint density at radius 1 is 1.08 bits per heavy atom. The molecule has 0 fully saturated rings. The number of aromatic nitrogens is 1. The molecule has 0 aliphatic rings. The fourth-order valence-corrected chi connectivity index (χ4v) is 3.19. The first-order valence-electron chi connectivity index (χ1n) is 7.92. The number of rotatable bonds is 6. The molecule has 0 saturated carbocycles. The lowest BCUT2D eigenvalue weighted by Crippen LogP contribution is -2.14. The van der Waals surface area contributed by atoms with Crippen LogP contribution < -0.4 is 20.1 Å². The van der Waals surface area contributed by atoms with Crippen LogP contribution in [-0.2, 0) is 0 Å². The van der Waals surface area contributed by atoms with Crippen molar-refractivity contribution in [3.05, 3.63) is 53.4 Å². The lowest BCUT2D eigenvalue weighted by atomic mass is 10.1. The third-order valence-corrected chi connectivity index (χ3v) is 4.67. The summed E-state index contributed by atoms with van der Waals surface area (Å²) >= 11 is 1.52. The van der Waals surface area contributed by atoms with Crippen molar-refractivity contribution in [2.24, 2.45) is 0 Å². The Bertz CT molecular complexity index is 924. The largest absolute Gasteiger partial charge is 0.496 e. The van der Waals surface area contributed by atoms with Crippen LogP contribution in [0.4, 0.5) is 10.8 Å². The SMILES string of the molecule is CNc1nc(-c2ccc(OC)c(NC(=O)c3ccccc3OC)c2)cs1. The number of para-hydroxylation sites is 1. The van der Waals surface area contributed by atoms with Gasteiger partial charge in [-0.25, -0.2) is 4.98 Å². The van der Waals surface area contributed by atoms with Crippen molar-refractivity contribution in [2.45, 2.75) is 0 Å². The Balaban J connectivity index is 1.93. The van der Waals surface area contributed by atoms with Gasteiger partial charge in [0.15, 0.2) is 5.13 Å². The lowest BCUT2D eigenvalue weighted by molar-refractivity contribution is 0.102. The van der Waals surface area contributed by atoms with Crippen LogP contribution in [0.2, 0.25) is 0 Å². The maximum Gasteiger partial charge on any atom is 0.259 e. The van der Waals surface area contributed by atoms with Crippen molar-refractivity contribution >= 4 is 28.1 Å². The zero-order valence-corrected chi connectivity index (χ0v) is 15.5. The molecule has 0 saturated heterocycles. The standard InChI is InChI=1S/C19H19N3O3S/c1-20-19-22-15(11-26-19)12-8-9-17(25-3)14(10-12)21-18(23)13-6-4-5-7-16(13)24-2/h4-11H,1-3H3,(H,20,22)(H,21,23). The first-order chi connectivity index (χ1) is 12.7. The van der Waals surface area contributed by atoms with Gasteiger partial charge in [0.1, 0.15) is 11.5 Å². The molecule has 1 heterocycles. The third-order valence-electron chi connectivity index (χ3n) is 3.81. The van der Waals surface area contributed by atoms with Crippen LogP contribution in [0.15, 0.2) is 47.8 Å². The molecule has 0 radical (unpaired) electrons.